The van der Waals surface area contributed by atoms with Crippen molar-refractivity contribution in [3.05, 3.63) is 29.8 Å². The van der Waals surface area contributed by atoms with E-state index in [4.69, 9.17) is 0 Å². The number of nitrogens with one attached hydrogen (secondary N) is 1. The molecule has 0 heterocycles. The van der Waals surface area contributed by atoms with Gasteiger partial charge < -0.3 is 10.1 Å². The van der Waals surface area contributed by atoms with E-state index >= 15 is 0 Å². The van der Waals surface area contributed by atoms with Gasteiger partial charge in [-0.3, -0.25) is 0 Å². The lowest BCUT2D eigenvalue weighted by Gasteiger charge is -2.17. The largest absolute Gasteiger partial charge is 0.573 e. The Morgan fingerprint density at radius 2 is 1.94 bits per heavy atom. The smallest absolute Gasteiger partial charge is 0.405 e. The van der Waals surface area contributed by atoms with Crippen molar-refractivity contribution in [3.63, 3.8) is 0 Å². The summed E-state index contributed by atoms with van der Waals surface area (Å²) in [6.45, 7) is 5.52. The molecule has 0 aliphatic carbocycles. The highest BCUT2D eigenvalue weighted by molar-refractivity contribution is 5.36. The molecule has 1 aromatic carbocycles. The molecule has 0 aliphatic rings. The molecule has 18 heavy (non-hydrogen) atoms. The standard InChI is InChI=1S/C13H18F3NO/c1-3-17-9-8-10(2)11-6-4-5-7-12(11)18-13(14,15)16/h4-7,10,17H,3,8-9H2,1-2H3. The van der Waals surface area contributed by atoms with Gasteiger partial charge in [0.2, 0.25) is 0 Å². The zero-order chi connectivity index (χ0) is 13.6. The van der Waals surface area contributed by atoms with Crippen molar-refractivity contribution in [3.8, 4) is 5.75 Å². The fourth-order valence-corrected chi connectivity index (χ4v) is 1.76. The summed E-state index contributed by atoms with van der Waals surface area (Å²) >= 11 is 0. The number of hydrogen-bond donors (Lipinski definition) is 1. The quantitative estimate of drug-likeness (QED) is 0.788. The highest BCUT2D eigenvalue weighted by Crippen LogP contribution is 2.32. The van der Waals surface area contributed by atoms with Crippen molar-refractivity contribution in [2.75, 3.05) is 13.1 Å². The van der Waals surface area contributed by atoms with Gasteiger partial charge in [-0.05, 0) is 37.1 Å². The number of halogens is 3. The molecule has 1 atom stereocenters. The third-order valence-corrected chi connectivity index (χ3v) is 2.68. The van der Waals surface area contributed by atoms with E-state index in [2.05, 4.69) is 10.1 Å². The van der Waals surface area contributed by atoms with Crippen LogP contribution in [0.15, 0.2) is 24.3 Å². The van der Waals surface area contributed by atoms with Crippen molar-refractivity contribution in [2.24, 2.45) is 0 Å². The van der Waals surface area contributed by atoms with Crippen LogP contribution in [0.2, 0.25) is 0 Å². The molecular weight excluding hydrogens is 243 g/mol. The van der Waals surface area contributed by atoms with Gasteiger partial charge in [0.15, 0.2) is 0 Å². The van der Waals surface area contributed by atoms with E-state index in [0.717, 1.165) is 19.5 Å². The van der Waals surface area contributed by atoms with Gasteiger partial charge in [-0.1, -0.05) is 32.0 Å². The van der Waals surface area contributed by atoms with Gasteiger partial charge >= 0.3 is 6.36 Å². The van der Waals surface area contributed by atoms with Gasteiger partial charge in [0.1, 0.15) is 5.75 Å². The van der Waals surface area contributed by atoms with E-state index in [-0.39, 0.29) is 11.7 Å². The van der Waals surface area contributed by atoms with Crippen LogP contribution in [-0.4, -0.2) is 19.5 Å². The Balaban J connectivity index is 2.74. The Morgan fingerprint density at radius 1 is 1.28 bits per heavy atom. The molecule has 102 valence electrons. The molecular formula is C13H18F3NO. The molecule has 0 saturated heterocycles. The molecule has 0 amide bonds. The lowest BCUT2D eigenvalue weighted by molar-refractivity contribution is -0.275. The predicted molar refractivity (Wildman–Crippen MR) is 64.7 cm³/mol. The summed E-state index contributed by atoms with van der Waals surface area (Å²) in [7, 11) is 0. The maximum atomic E-state index is 12.3. The highest BCUT2D eigenvalue weighted by atomic mass is 19.4. The Kier molecular flexibility index (Phi) is 5.47. The van der Waals surface area contributed by atoms with Crippen LogP contribution in [0.5, 0.6) is 5.75 Å². The number of rotatable bonds is 6. The normalized spacial score (nSPS) is 13.4. The highest BCUT2D eigenvalue weighted by Gasteiger charge is 2.32. The molecule has 0 fully saturated rings. The Hall–Kier alpha value is -1.23. The molecule has 1 aromatic rings. The second-order valence-corrected chi connectivity index (χ2v) is 4.13. The predicted octanol–water partition coefficient (Wildman–Crippen LogP) is 3.69. The summed E-state index contributed by atoms with van der Waals surface area (Å²) in [5, 5.41) is 3.15. The van der Waals surface area contributed by atoms with E-state index in [1.54, 1.807) is 18.2 Å². The fourth-order valence-electron chi connectivity index (χ4n) is 1.76. The second-order valence-electron chi connectivity index (χ2n) is 4.13. The maximum absolute atomic E-state index is 12.3. The molecule has 0 radical (unpaired) electrons. The third-order valence-electron chi connectivity index (χ3n) is 2.68. The molecule has 2 nitrogen and oxygen atoms in total. The van der Waals surface area contributed by atoms with Gasteiger partial charge in [0.25, 0.3) is 0 Å². The summed E-state index contributed by atoms with van der Waals surface area (Å²) in [5.74, 6) is -0.0865. The van der Waals surface area contributed by atoms with Gasteiger partial charge in [-0.2, -0.15) is 0 Å². The minimum Gasteiger partial charge on any atom is -0.405 e. The average molecular weight is 261 g/mol. The van der Waals surface area contributed by atoms with Crippen molar-refractivity contribution in [1.29, 1.82) is 0 Å². The van der Waals surface area contributed by atoms with E-state index < -0.39 is 6.36 Å². The first-order chi connectivity index (χ1) is 8.44. The van der Waals surface area contributed by atoms with Crippen molar-refractivity contribution < 1.29 is 17.9 Å². The summed E-state index contributed by atoms with van der Waals surface area (Å²) < 4.78 is 40.8. The van der Waals surface area contributed by atoms with E-state index in [9.17, 15) is 13.2 Å². The van der Waals surface area contributed by atoms with Crippen molar-refractivity contribution >= 4 is 0 Å². The number of benzene rings is 1. The Morgan fingerprint density at radius 3 is 2.56 bits per heavy atom. The minimum atomic E-state index is -4.64. The summed E-state index contributed by atoms with van der Waals surface area (Å²) in [6.07, 6.45) is -3.87. The van der Waals surface area contributed by atoms with E-state index in [1.165, 1.54) is 6.07 Å². The average Bonchev–Trinajstić information content (AvgIpc) is 2.27. The van der Waals surface area contributed by atoms with Crippen LogP contribution in [-0.2, 0) is 0 Å². The molecule has 0 aliphatic heterocycles. The first-order valence-electron chi connectivity index (χ1n) is 5.99. The lowest BCUT2D eigenvalue weighted by atomic mass is 9.97. The number of ether oxygens (including phenoxy) is 1. The lowest BCUT2D eigenvalue weighted by Crippen LogP contribution is -2.19. The monoisotopic (exact) mass is 261 g/mol. The third kappa shape index (κ3) is 4.96. The molecule has 0 aromatic heterocycles. The van der Waals surface area contributed by atoms with Gasteiger partial charge in [0, 0.05) is 0 Å². The molecule has 0 saturated carbocycles. The first-order valence-corrected chi connectivity index (χ1v) is 5.99. The molecule has 0 spiro atoms. The summed E-state index contributed by atoms with van der Waals surface area (Å²) in [5.41, 5.74) is 0.590. The van der Waals surface area contributed by atoms with Crippen LogP contribution < -0.4 is 10.1 Å². The second kappa shape index (κ2) is 6.64. The Bertz CT molecular complexity index is 365. The zero-order valence-corrected chi connectivity index (χ0v) is 10.6. The molecule has 1 N–H and O–H groups in total. The molecule has 1 unspecified atom stereocenters. The Labute approximate surface area is 105 Å². The summed E-state index contributed by atoms with van der Waals surface area (Å²) in [6, 6.07) is 6.30. The SMILES string of the molecule is CCNCCC(C)c1ccccc1OC(F)(F)F. The first kappa shape index (κ1) is 14.8. The zero-order valence-electron chi connectivity index (χ0n) is 10.6. The van der Waals surface area contributed by atoms with Crippen LogP contribution in [0.25, 0.3) is 0 Å². The number of para-hydroxylation sites is 1. The van der Waals surface area contributed by atoms with E-state index in [1.807, 2.05) is 13.8 Å². The van der Waals surface area contributed by atoms with Crippen molar-refractivity contribution in [2.45, 2.75) is 32.5 Å². The van der Waals surface area contributed by atoms with Crippen LogP contribution in [0.4, 0.5) is 13.2 Å². The van der Waals surface area contributed by atoms with Crippen LogP contribution in [0.3, 0.4) is 0 Å². The molecule has 1 rings (SSSR count). The maximum Gasteiger partial charge on any atom is 0.573 e. The minimum absolute atomic E-state index is 0.0163. The summed E-state index contributed by atoms with van der Waals surface area (Å²) in [4.78, 5) is 0. The topological polar surface area (TPSA) is 21.3 Å². The number of hydrogen-bond acceptors (Lipinski definition) is 2. The van der Waals surface area contributed by atoms with Crippen molar-refractivity contribution in [1.82, 2.24) is 5.32 Å². The fraction of sp³-hybridized carbons (Fsp3) is 0.538. The molecule has 0 bridgehead atoms. The van der Waals surface area contributed by atoms with Crippen LogP contribution >= 0.6 is 0 Å². The van der Waals surface area contributed by atoms with Crippen LogP contribution in [0.1, 0.15) is 31.7 Å². The number of alkyl halides is 3. The van der Waals surface area contributed by atoms with Crippen LogP contribution in [0, 0.1) is 0 Å². The van der Waals surface area contributed by atoms with Gasteiger partial charge in [-0.25, -0.2) is 0 Å². The molecule has 5 heteroatoms. The van der Waals surface area contributed by atoms with Gasteiger partial charge in [-0.15, -0.1) is 13.2 Å². The van der Waals surface area contributed by atoms with Gasteiger partial charge in [0.05, 0.1) is 0 Å². The van der Waals surface area contributed by atoms with E-state index in [0.29, 0.717) is 5.56 Å².